The van der Waals surface area contributed by atoms with Crippen LogP contribution in [-0.2, 0) is 6.42 Å². The fraction of sp³-hybridized carbons (Fsp3) is 0.300. The Bertz CT molecular complexity index is 355. The molecule has 3 heteroatoms. The van der Waals surface area contributed by atoms with Gasteiger partial charge in [0.25, 0.3) is 0 Å². The standard InChI is InChI=1S/C10H9ClFN/c1-7-4-5-9(11)10(12)8(7)3-2-6-13/h4-5H,2-3H2,1H3. The monoisotopic (exact) mass is 197 g/mol. The molecule has 0 radical (unpaired) electrons. The van der Waals surface area contributed by atoms with Crippen LogP contribution in [0.5, 0.6) is 0 Å². The van der Waals surface area contributed by atoms with Gasteiger partial charge in [-0.3, -0.25) is 0 Å². The van der Waals surface area contributed by atoms with Crippen molar-refractivity contribution in [2.24, 2.45) is 0 Å². The molecule has 68 valence electrons. The summed E-state index contributed by atoms with van der Waals surface area (Å²) in [5.41, 5.74) is 1.39. The van der Waals surface area contributed by atoms with Gasteiger partial charge in [-0.25, -0.2) is 4.39 Å². The Kier molecular flexibility index (Phi) is 3.27. The minimum atomic E-state index is -0.392. The number of rotatable bonds is 2. The first-order chi connectivity index (χ1) is 6.16. The van der Waals surface area contributed by atoms with Crippen molar-refractivity contribution in [3.63, 3.8) is 0 Å². The number of nitriles is 1. The van der Waals surface area contributed by atoms with Gasteiger partial charge in [0.15, 0.2) is 0 Å². The molecule has 0 bridgehead atoms. The lowest BCUT2D eigenvalue weighted by Crippen LogP contribution is -1.94. The Labute approximate surface area is 81.8 Å². The minimum Gasteiger partial charge on any atom is -0.205 e. The van der Waals surface area contributed by atoms with Gasteiger partial charge in [-0.05, 0) is 30.5 Å². The molecule has 0 saturated heterocycles. The van der Waals surface area contributed by atoms with Crippen LogP contribution in [0, 0.1) is 24.1 Å². The van der Waals surface area contributed by atoms with Gasteiger partial charge in [-0.15, -0.1) is 0 Å². The van der Waals surface area contributed by atoms with Crippen molar-refractivity contribution in [3.05, 3.63) is 34.1 Å². The number of hydrogen-bond donors (Lipinski definition) is 0. The second-order valence-corrected chi connectivity index (χ2v) is 3.22. The van der Waals surface area contributed by atoms with E-state index in [1.807, 2.05) is 13.0 Å². The molecule has 0 N–H and O–H groups in total. The molecule has 0 aliphatic carbocycles. The topological polar surface area (TPSA) is 23.8 Å². The Morgan fingerprint density at radius 2 is 2.23 bits per heavy atom. The predicted molar refractivity (Wildman–Crippen MR) is 50.1 cm³/mol. The Morgan fingerprint density at radius 3 is 2.85 bits per heavy atom. The van der Waals surface area contributed by atoms with Crippen LogP contribution in [0.25, 0.3) is 0 Å². The molecule has 0 aliphatic rings. The van der Waals surface area contributed by atoms with Crippen molar-refractivity contribution in [2.75, 3.05) is 0 Å². The molecule has 0 aromatic heterocycles. The molecule has 0 fully saturated rings. The average Bonchev–Trinajstić information content (AvgIpc) is 2.12. The van der Waals surface area contributed by atoms with Gasteiger partial charge >= 0.3 is 0 Å². The second-order valence-electron chi connectivity index (χ2n) is 2.81. The van der Waals surface area contributed by atoms with E-state index in [0.717, 1.165) is 5.56 Å². The van der Waals surface area contributed by atoms with Crippen LogP contribution < -0.4 is 0 Å². The van der Waals surface area contributed by atoms with Gasteiger partial charge in [0.2, 0.25) is 0 Å². The Morgan fingerprint density at radius 1 is 1.54 bits per heavy atom. The fourth-order valence-corrected chi connectivity index (χ4v) is 1.35. The van der Waals surface area contributed by atoms with Crippen molar-refractivity contribution < 1.29 is 4.39 Å². The highest BCUT2D eigenvalue weighted by atomic mass is 35.5. The maximum Gasteiger partial charge on any atom is 0.145 e. The van der Waals surface area contributed by atoms with Crippen LogP contribution in [0.4, 0.5) is 4.39 Å². The molecule has 1 nitrogen and oxygen atoms in total. The van der Waals surface area contributed by atoms with Gasteiger partial charge in [0.05, 0.1) is 11.1 Å². The van der Waals surface area contributed by atoms with Gasteiger partial charge in [-0.1, -0.05) is 17.7 Å². The molecule has 0 aliphatic heterocycles. The highest BCUT2D eigenvalue weighted by Crippen LogP contribution is 2.22. The molecule has 0 spiro atoms. The van der Waals surface area contributed by atoms with E-state index in [-0.39, 0.29) is 5.02 Å². The van der Waals surface area contributed by atoms with Crippen LogP contribution in [-0.4, -0.2) is 0 Å². The van der Waals surface area contributed by atoms with Crippen molar-refractivity contribution in [1.82, 2.24) is 0 Å². The summed E-state index contributed by atoms with van der Waals surface area (Å²) in [5, 5.41) is 8.50. The number of benzene rings is 1. The summed E-state index contributed by atoms with van der Waals surface area (Å²) < 4.78 is 13.3. The largest absolute Gasteiger partial charge is 0.205 e. The number of hydrogen-bond acceptors (Lipinski definition) is 1. The lowest BCUT2D eigenvalue weighted by atomic mass is 10.0. The lowest BCUT2D eigenvalue weighted by Gasteiger charge is -2.05. The fourth-order valence-electron chi connectivity index (χ4n) is 1.18. The Hall–Kier alpha value is -1.07. The van der Waals surface area contributed by atoms with Crippen LogP contribution in [0.15, 0.2) is 12.1 Å². The molecule has 1 aromatic rings. The van der Waals surface area contributed by atoms with Crippen molar-refractivity contribution >= 4 is 11.6 Å². The first-order valence-corrected chi connectivity index (χ1v) is 4.35. The first-order valence-electron chi connectivity index (χ1n) is 3.97. The third kappa shape index (κ3) is 2.19. The van der Waals surface area contributed by atoms with Crippen LogP contribution in [0.1, 0.15) is 17.5 Å². The summed E-state index contributed by atoms with van der Waals surface area (Å²) in [7, 11) is 0. The number of nitrogens with zero attached hydrogens (tertiary/aromatic N) is 1. The number of halogens is 2. The highest BCUT2D eigenvalue weighted by molar-refractivity contribution is 6.30. The highest BCUT2D eigenvalue weighted by Gasteiger charge is 2.08. The van der Waals surface area contributed by atoms with Crippen LogP contribution in [0.3, 0.4) is 0 Å². The molecule has 0 unspecified atom stereocenters. The smallest absolute Gasteiger partial charge is 0.145 e. The maximum atomic E-state index is 13.3. The summed E-state index contributed by atoms with van der Waals surface area (Å²) in [4.78, 5) is 0. The second kappa shape index (κ2) is 4.25. The normalized spacial score (nSPS) is 9.69. The minimum absolute atomic E-state index is 0.124. The van der Waals surface area contributed by atoms with E-state index in [4.69, 9.17) is 16.9 Å². The van der Waals surface area contributed by atoms with E-state index in [9.17, 15) is 4.39 Å². The van der Waals surface area contributed by atoms with Crippen molar-refractivity contribution in [3.8, 4) is 6.07 Å². The summed E-state index contributed by atoms with van der Waals surface area (Å²) in [6.07, 6.45) is 0.743. The van der Waals surface area contributed by atoms with E-state index in [2.05, 4.69) is 0 Å². The van der Waals surface area contributed by atoms with Gasteiger partial charge in [-0.2, -0.15) is 5.26 Å². The maximum absolute atomic E-state index is 13.3. The molecular formula is C10H9ClFN. The van der Waals surface area contributed by atoms with Crippen molar-refractivity contribution in [1.29, 1.82) is 5.26 Å². The van der Waals surface area contributed by atoms with E-state index in [1.54, 1.807) is 6.07 Å². The first kappa shape index (κ1) is 10.0. The number of aryl methyl sites for hydroxylation is 1. The van der Waals surface area contributed by atoms with Gasteiger partial charge in [0, 0.05) is 6.42 Å². The summed E-state index contributed by atoms with van der Waals surface area (Å²) in [6.45, 7) is 1.81. The molecule has 0 saturated carbocycles. The molecule has 0 heterocycles. The molecule has 13 heavy (non-hydrogen) atoms. The van der Waals surface area contributed by atoms with Crippen LogP contribution in [0.2, 0.25) is 5.02 Å². The third-order valence-corrected chi connectivity index (χ3v) is 2.21. The molecule has 1 aromatic carbocycles. The molecular weight excluding hydrogens is 189 g/mol. The molecule has 1 rings (SSSR count). The van der Waals surface area contributed by atoms with Gasteiger partial charge in [0.1, 0.15) is 5.82 Å². The quantitative estimate of drug-likeness (QED) is 0.714. The predicted octanol–water partition coefficient (Wildman–Crippen LogP) is 3.24. The van der Waals surface area contributed by atoms with Crippen LogP contribution >= 0.6 is 11.6 Å². The zero-order chi connectivity index (χ0) is 9.84. The van der Waals surface area contributed by atoms with Crippen molar-refractivity contribution in [2.45, 2.75) is 19.8 Å². The lowest BCUT2D eigenvalue weighted by molar-refractivity contribution is 0.608. The summed E-state index contributed by atoms with van der Waals surface area (Å²) >= 11 is 5.61. The van der Waals surface area contributed by atoms with E-state index in [1.165, 1.54) is 6.07 Å². The van der Waals surface area contributed by atoms with E-state index >= 15 is 0 Å². The van der Waals surface area contributed by atoms with Gasteiger partial charge < -0.3 is 0 Å². The average molecular weight is 198 g/mol. The molecule has 0 amide bonds. The summed E-state index contributed by atoms with van der Waals surface area (Å²) in [5.74, 6) is -0.392. The van der Waals surface area contributed by atoms with E-state index < -0.39 is 5.82 Å². The zero-order valence-corrected chi connectivity index (χ0v) is 8.03. The summed E-state index contributed by atoms with van der Waals surface area (Å²) in [6, 6.07) is 5.27. The van der Waals surface area contributed by atoms with E-state index in [0.29, 0.717) is 18.4 Å². The zero-order valence-electron chi connectivity index (χ0n) is 7.27. The Balaban J connectivity index is 3.04. The third-order valence-electron chi connectivity index (χ3n) is 1.92. The molecule has 0 atom stereocenters. The SMILES string of the molecule is Cc1ccc(Cl)c(F)c1CCC#N.